The number of morpholine rings is 1. The lowest BCUT2D eigenvalue weighted by Gasteiger charge is -2.25. The first-order chi connectivity index (χ1) is 17.7. The van der Waals surface area contributed by atoms with Crippen molar-refractivity contribution in [2.45, 2.75) is 26.5 Å². The molecule has 0 N–H and O–H groups in total. The van der Waals surface area contributed by atoms with Crippen LogP contribution < -0.4 is 0 Å². The minimum absolute atomic E-state index is 0.0643. The highest BCUT2D eigenvalue weighted by Gasteiger charge is 2.42. The van der Waals surface area contributed by atoms with Gasteiger partial charge in [0.1, 0.15) is 5.65 Å². The molecule has 1 aromatic carbocycles. The molecule has 2 atom stereocenters. The van der Waals surface area contributed by atoms with Gasteiger partial charge in [-0.15, -0.1) is 0 Å². The van der Waals surface area contributed by atoms with Gasteiger partial charge < -0.3 is 18.8 Å². The Morgan fingerprint density at radius 2 is 1.89 bits per heavy atom. The van der Waals surface area contributed by atoms with E-state index in [9.17, 15) is 4.79 Å². The van der Waals surface area contributed by atoms with Gasteiger partial charge in [-0.2, -0.15) is 4.99 Å². The van der Waals surface area contributed by atoms with Crippen LogP contribution in [-0.2, 0) is 16.0 Å². The normalized spacial score (nSPS) is 23.1. The fourth-order valence-electron chi connectivity index (χ4n) is 5.08. The second-order valence-electron chi connectivity index (χ2n) is 8.98. The molecule has 2 aromatic heterocycles. The minimum atomic E-state index is -0.173. The molecular formula is C27H32ClN5O3. The number of pyridine rings is 1. The van der Waals surface area contributed by atoms with Gasteiger partial charge >= 0.3 is 6.03 Å². The summed E-state index contributed by atoms with van der Waals surface area (Å²) in [6.07, 6.45) is 2.12. The number of aliphatic imine (C=N–C) groups is 1. The van der Waals surface area contributed by atoms with Gasteiger partial charge in [-0.1, -0.05) is 43.6 Å². The third kappa shape index (κ3) is 5.04. The molecule has 3 saturated heterocycles. The lowest BCUT2D eigenvalue weighted by Crippen LogP contribution is -2.39. The number of halogens is 1. The summed E-state index contributed by atoms with van der Waals surface area (Å²) in [4.78, 5) is 26.2. The molecular weight excluding hydrogens is 478 g/mol. The third-order valence-electron chi connectivity index (χ3n) is 6.86. The highest BCUT2D eigenvalue weighted by Crippen LogP contribution is 2.32. The summed E-state index contributed by atoms with van der Waals surface area (Å²) < 4.78 is 13.5. The number of likely N-dealkylation sites (tertiary alicyclic amines) is 1. The fraction of sp³-hybridized carbons (Fsp3) is 0.444. The molecule has 5 heterocycles. The van der Waals surface area contributed by atoms with Crippen LogP contribution >= 0.6 is 11.6 Å². The molecule has 190 valence electrons. The number of benzene rings is 1. The Hall–Kier alpha value is -2.78. The molecule has 0 spiro atoms. The molecule has 3 aliphatic rings. The zero-order chi connectivity index (χ0) is 25.1. The fourth-order valence-corrected chi connectivity index (χ4v) is 5.21. The van der Waals surface area contributed by atoms with Crippen LogP contribution in [0.3, 0.4) is 0 Å². The summed E-state index contributed by atoms with van der Waals surface area (Å²) in [5, 5.41) is 0.706. The lowest BCUT2D eigenvalue weighted by molar-refractivity contribution is 0.0555. The van der Waals surface area contributed by atoms with Crippen molar-refractivity contribution in [1.82, 2.24) is 19.2 Å². The monoisotopic (exact) mass is 509 g/mol. The van der Waals surface area contributed by atoms with Crippen molar-refractivity contribution in [3.8, 4) is 11.3 Å². The zero-order valence-electron chi connectivity index (χ0n) is 20.8. The Morgan fingerprint density at radius 1 is 1.11 bits per heavy atom. The van der Waals surface area contributed by atoms with Gasteiger partial charge in [0.25, 0.3) is 0 Å². The molecule has 3 fully saturated rings. The summed E-state index contributed by atoms with van der Waals surface area (Å²) in [6, 6.07) is 13.7. The lowest BCUT2D eigenvalue weighted by atomic mass is 10.0. The van der Waals surface area contributed by atoms with Crippen LogP contribution in [0.25, 0.3) is 16.9 Å². The number of imidazole rings is 1. The summed E-state index contributed by atoms with van der Waals surface area (Å²) in [5.41, 5.74) is 4.90. The van der Waals surface area contributed by atoms with Gasteiger partial charge in [-0.05, 0) is 24.3 Å². The molecule has 2 amide bonds. The zero-order valence-corrected chi connectivity index (χ0v) is 21.5. The van der Waals surface area contributed by atoms with E-state index in [0.29, 0.717) is 37.9 Å². The van der Waals surface area contributed by atoms with Crippen LogP contribution in [0, 0.1) is 5.92 Å². The van der Waals surface area contributed by atoms with E-state index in [1.54, 1.807) is 4.90 Å². The largest absolute Gasteiger partial charge is 0.378 e. The molecule has 2 unspecified atom stereocenters. The molecule has 8 nitrogen and oxygen atoms in total. The summed E-state index contributed by atoms with van der Waals surface area (Å²) >= 11 is 6.12. The van der Waals surface area contributed by atoms with Crippen molar-refractivity contribution in [2.75, 3.05) is 46.0 Å². The van der Waals surface area contributed by atoms with Gasteiger partial charge in [0, 0.05) is 55.4 Å². The van der Waals surface area contributed by atoms with E-state index in [1.165, 1.54) is 0 Å². The average Bonchev–Trinajstić information content (AvgIpc) is 3.60. The standard InChI is InChI=1S/C25H26ClN5O3.C2H6/c26-18-6-4-17(5-7-18)24-21(31-8-2-1-3-23(31)28-24)14-29-13-19-20(16-34-22(19)15-29)27-25(32)30-9-11-33-12-10-30;1-2/h1-8,19,22H,9-16H2;1-2H3/b27-20+;. The maximum absolute atomic E-state index is 12.6. The van der Waals surface area contributed by atoms with Crippen LogP contribution in [0.4, 0.5) is 4.79 Å². The molecule has 0 bridgehead atoms. The molecule has 0 radical (unpaired) electrons. The van der Waals surface area contributed by atoms with Crippen LogP contribution in [0.5, 0.6) is 0 Å². The van der Waals surface area contributed by atoms with Gasteiger partial charge in [0.15, 0.2) is 0 Å². The number of aromatic nitrogens is 2. The number of ether oxygens (including phenoxy) is 2. The van der Waals surface area contributed by atoms with Crippen molar-refractivity contribution in [2.24, 2.45) is 10.9 Å². The molecule has 3 aliphatic heterocycles. The average molecular weight is 510 g/mol. The number of nitrogens with zero attached hydrogens (tertiary/aromatic N) is 5. The van der Waals surface area contributed by atoms with E-state index >= 15 is 0 Å². The number of urea groups is 1. The van der Waals surface area contributed by atoms with Crippen LogP contribution in [0.1, 0.15) is 19.5 Å². The minimum Gasteiger partial charge on any atom is -0.378 e. The number of rotatable bonds is 3. The van der Waals surface area contributed by atoms with Crippen molar-refractivity contribution in [3.63, 3.8) is 0 Å². The van der Waals surface area contributed by atoms with E-state index < -0.39 is 0 Å². The molecule has 3 aromatic rings. The maximum Gasteiger partial charge on any atom is 0.343 e. The SMILES string of the molecule is CC.O=C(/N=C1\COC2CN(Cc3c(-c4ccc(Cl)cc4)nc4ccccn34)CC12)N1CCOCC1. The molecule has 0 aliphatic carbocycles. The van der Waals surface area contributed by atoms with Gasteiger partial charge in [0.05, 0.1) is 43.0 Å². The maximum atomic E-state index is 12.6. The molecule has 9 heteroatoms. The number of carbonyl (C=O) groups excluding carboxylic acids is 1. The van der Waals surface area contributed by atoms with Crippen LogP contribution in [0.2, 0.25) is 5.02 Å². The van der Waals surface area contributed by atoms with Crippen molar-refractivity contribution < 1.29 is 14.3 Å². The van der Waals surface area contributed by atoms with E-state index in [4.69, 9.17) is 26.1 Å². The van der Waals surface area contributed by atoms with Crippen molar-refractivity contribution >= 4 is 29.0 Å². The first kappa shape index (κ1) is 24.9. The Labute approximate surface area is 216 Å². The number of hydrogen-bond acceptors (Lipinski definition) is 5. The molecule has 6 rings (SSSR count). The predicted molar refractivity (Wildman–Crippen MR) is 141 cm³/mol. The quantitative estimate of drug-likeness (QED) is 0.523. The Kier molecular flexibility index (Phi) is 7.67. The first-order valence-corrected chi connectivity index (χ1v) is 13.0. The van der Waals surface area contributed by atoms with Gasteiger partial charge in [-0.25, -0.2) is 9.78 Å². The number of amides is 2. The third-order valence-corrected chi connectivity index (χ3v) is 7.11. The number of carbonyl (C=O) groups is 1. The topological polar surface area (TPSA) is 71.7 Å². The highest BCUT2D eigenvalue weighted by molar-refractivity contribution is 6.30. The second kappa shape index (κ2) is 11.1. The second-order valence-corrected chi connectivity index (χ2v) is 9.41. The van der Waals surface area contributed by atoms with Crippen molar-refractivity contribution in [3.05, 3.63) is 59.4 Å². The highest BCUT2D eigenvalue weighted by atomic mass is 35.5. The van der Waals surface area contributed by atoms with E-state index in [2.05, 4.69) is 20.5 Å². The summed E-state index contributed by atoms with van der Waals surface area (Å²) in [7, 11) is 0. The summed E-state index contributed by atoms with van der Waals surface area (Å²) in [6.45, 7) is 9.10. The predicted octanol–water partition coefficient (Wildman–Crippen LogP) is 4.40. The van der Waals surface area contributed by atoms with E-state index in [-0.39, 0.29) is 18.1 Å². The smallest absolute Gasteiger partial charge is 0.343 e. The van der Waals surface area contributed by atoms with Crippen LogP contribution in [0.15, 0.2) is 53.7 Å². The number of fused-ring (bicyclic) bond motifs is 2. The van der Waals surface area contributed by atoms with Gasteiger partial charge in [-0.3, -0.25) is 4.90 Å². The molecule has 36 heavy (non-hydrogen) atoms. The Morgan fingerprint density at radius 3 is 2.67 bits per heavy atom. The van der Waals surface area contributed by atoms with Gasteiger partial charge in [0.2, 0.25) is 0 Å². The number of hydrogen-bond donors (Lipinski definition) is 0. The summed E-state index contributed by atoms with van der Waals surface area (Å²) in [5.74, 6) is 0.142. The first-order valence-electron chi connectivity index (χ1n) is 12.7. The van der Waals surface area contributed by atoms with E-state index in [1.807, 2.05) is 56.3 Å². The van der Waals surface area contributed by atoms with E-state index in [0.717, 1.165) is 47.9 Å². The van der Waals surface area contributed by atoms with Crippen molar-refractivity contribution in [1.29, 1.82) is 0 Å². The molecule has 0 saturated carbocycles. The van der Waals surface area contributed by atoms with Crippen LogP contribution in [-0.4, -0.2) is 83.0 Å². The Bertz CT molecular complexity index is 1240. The Balaban J connectivity index is 0.00000130.